The van der Waals surface area contributed by atoms with Crippen molar-refractivity contribution in [1.82, 2.24) is 0 Å². The number of aryl methyl sites for hydroxylation is 2. The Morgan fingerprint density at radius 1 is 0.582 bits per heavy atom. The van der Waals surface area contributed by atoms with Crippen LogP contribution in [0.1, 0.15) is 61.1 Å². The van der Waals surface area contributed by atoms with E-state index in [0.29, 0.717) is 0 Å². The Morgan fingerprint density at radius 3 is 1.75 bits per heavy atom. The van der Waals surface area contributed by atoms with Crippen LogP contribution in [0, 0.1) is 13.8 Å². The Bertz CT molecular complexity index is 2400. The van der Waals surface area contributed by atoms with Crippen molar-refractivity contribution in [2.24, 2.45) is 4.99 Å². The Morgan fingerprint density at radius 2 is 1.15 bits per heavy atom. The van der Waals surface area contributed by atoms with Crippen molar-refractivity contribution >= 4 is 43.9 Å². The Kier molecular flexibility index (Phi) is 14.7. The van der Waals surface area contributed by atoms with Crippen LogP contribution in [0.5, 0.6) is 0 Å². The van der Waals surface area contributed by atoms with Crippen molar-refractivity contribution in [3.05, 3.63) is 221 Å². The summed E-state index contributed by atoms with van der Waals surface area (Å²) in [5, 5.41) is 2.72. The summed E-state index contributed by atoms with van der Waals surface area (Å²) in [7, 11) is 0. The summed E-state index contributed by atoms with van der Waals surface area (Å²) in [6.45, 7) is 16.6. The highest BCUT2D eigenvalue weighted by Gasteiger charge is 2.27. The van der Waals surface area contributed by atoms with E-state index in [1.54, 1.807) is 0 Å². The highest BCUT2D eigenvalue weighted by molar-refractivity contribution is 7.26. The molecule has 8 aromatic rings. The van der Waals surface area contributed by atoms with Gasteiger partial charge in [0.2, 0.25) is 0 Å². The molecule has 0 atom stereocenters. The number of hydrogen-bond acceptors (Lipinski definition) is 2. The van der Waals surface area contributed by atoms with Crippen LogP contribution in [0.15, 0.2) is 193 Å². The molecule has 8 rings (SSSR count). The van der Waals surface area contributed by atoms with E-state index in [0.717, 1.165) is 17.7 Å². The van der Waals surface area contributed by atoms with Crippen molar-refractivity contribution in [2.45, 2.75) is 53.4 Å². The van der Waals surface area contributed by atoms with Crippen LogP contribution >= 0.6 is 11.3 Å². The number of benzene rings is 7. The molecule has 0 bridgehead atoms. The summed E-state index contributed by atoms with van der Waals surface area (Å²) in [5.41, 5.74) is 11.2. The first-order chi connectivity index (χ1) is 26.8. The first-order valence-corrected chi connectivity index (χ1v) is 20.0. The number of hydrogen-bond donors (Lipinski definition) is 0. The third-order valence-corrected chi connectivity index (χ3v) is 10.8. The molecule has 0 unspecified atom stereocenters. The van der Waals surface area contributed by atoms with Crippen LogP contribution in [0.2, 0.25) is 0 Å². The number of nitrogens with zero attached hydrogens (tertiary/aromatic N) is 1. The minimum atomic E-state index is -0.0831. The Balaban J connectivity index is 0.000000188. The van der Waals surface area contributed by atoms with Gasteiger partial charge in [0.15, 0.2) is 0 Å². The molecule has 0 aliphatic rings. The summed E-state index contributed by atoms with van der Waals surface area (Å²) < 4.78 is 2.76. The molecular weight excluding hydrogens is 683 g/mol. The van der Waals surface area contributed by atoms with Gasteiger partial charge in [-0.05, 0) is 78.6 Å². The fourth-order valence-electron chi connectivity index (χ4n) is 6.54. The molecule has 0 fully saturated rings. The highest BCUT2D eigenvalue weighted by Crippen LogP contribution is 2.45. The maximum atomic E-state index is 4.08. The standard InChI is InChI=1S/C28H24S.C16H15N.C7H8.C2H6/c1-19-10-9-11-20(16-19)21-17-24-23-14-7-8-15-26(23)29-27(24)25(18-21)28(2,3)22-12-5-4-6-13-22;1-17-16(15-10-6-3-7-11-15)13-12-14-8-4-2-5-9-14;1-7-5-3-2-4-6-7;1-2/h4-18H,1-3H3;2-11,13H,1,12H2;2-6H,1H3;1-2H3/b;16-13-;;. The third-order valence-electron chi connectivity index (χ3n) is 9.55. The van der Waals surface area contributed by atoms with Gasteiger partial charge < -0.3 is 0 Å². The molecule has 1 heterocycles. The maximum absolute atomic E-state index is 4.08. The average Bonchev–Trinajstić information content (AvgIpc) is 3.62. The quantitative estimate of drug-likeness (QED) is 0.145. The third kappa shape index (κ3) is 10.7. The minimum Gasteiger partial charge on any atom is -0.264 e. The van der Waals surface area contributed by atoms with Crippen molar-refractivity contribution in [3.8, 4) is 11.1 Å². The van der Waals surface area contributed by atoms with Crippen molar-refractivity contribution in [1.29, 1.82) is 0 Å². The second-order valence-electron chi connectivity index (χ2n) is 13.8. The second-order valence-corrected chi connectivity index (χ2v) is 14.9. The van der Waals surface area contributed by atoms with Crippen LogP contribution in [-0.4, -0.2) is 6.72 Å². The van der Waals surface area contributed by atoms with Crippen LogP contribution in [-0.2, 0) is 11.8 Å². The normalized spacial score (nSPS) is 11.0. The van der Waals surface area contributed by atoms with Gasteiger partial charge in [0, 0.05) is 25.6 Å². The summed E-state index contributed by atoms with van der Waals surface area (Å²) in [5.74, 6) is 0. The predicted molar refractivity (Wildman–Crippen MR) is 245 cm³/mol. The van der Waals surface area contributed by atoms with Gasteiger partial charge in [-0.3, -0.25) is 4.99 Å². The van der Waals surface area contributed by atoms with Gasteiger partial charge in [0.05, 0.1) is 5.70 Å². The van der Waals surface area contributed by atoms with Crippen LogP contribution in [0.3, 0.4) is 0 Å². The van der Waals surface area contributed by atoms with Gasteiger partial charge in [-0.1, -0.05) is 209 Å². The zero-order chi connectivity index (χ0) is 39.0. The van der Waals surface area contributed by atoms with Gasteiger partial charge in [0.25, 0.3) is 0 Å². The lowest BCUT2D eigenvalue weighted by molar-refractivity contribution is 0.648. The number of fused-ring (bicyclic) bond motifs is 3. The fourth-order valence-corrected chi connectivity index (χ4v) is 7.90. The summed E-state index contributed by atoms with van der Waals surface area (Å²) in [6.07, 6.45) is 2.99. The van der Waals surface area contributed by atoms with Gasteiger partial charge in [0.1, 0.15) is 0 Å². The van der Waals surface area contributed by atoms with Crippen LogP contribution in [0.25, 0.3) is 37.0 Å². The molecule has 55 heavy (non-hydrogen) atoms. The molecule has 0 aliphatic carbocycles. The molecule has 0 amide bonds. The molecule has 0 spiro atoms. The molecule has 0 N–H and O–H groups in total. The molecule has 276 valence electrons. The van der Waals surface area contributed by atoms with E-state index in [2.05, 4.69) is 161 Å². The minimum absolute atomic E-state index is 0.0831. The molecule has 1 nitrogen and oxygen atoms in total. The van der Waals surface area contributed by atoms with Gasteiger partial charge >= 0.3 is 0 Å². The highest BCUT2D eigenvalue weighted by atomic mass is 32.1. The van der Waals surface area contributed by atoms with Crippen LogP contribution in [0.4, 0.5) is 0 Å². The molecule has 2 heteroatoms. The Labute approximate surface area is 333 Å². The Hall–Kier alpha value is -5.83. The largest absolute Gasteiger partial charge is 0.264 e. The molecule has 0 aliphatic heterocycles. The smallest absolute Gasteiger partial charge is 0.0658 e. The van der Waals surface area contributed by atoms with Gasteiger partial charge in [-0.15, -0.1) is 11.3 Å². The number of thiophene rings is 1. The summed E-state index contributed by atoms with van der Waals surface area (Å²) >= 11 is 1.92. The first kappa shape index (κ1) is 40.4. The van der Waals surface area contributed by atoms with Gasteiger partial charge in [-0.25, -0.2) is 0 Å². The van der Waals surface area contributed by atoms with Crippen molar-refractivity contribution < 1.29 is 0 Å². The summed E-state index contributed by atoms with van der Waals surface area (Å²) in [6, 6.07) is 64.0. The number of aliphatic imine (C=N–C) groups is 1. The van der Waals surface area contributed by atoms with Crippen molar-refractivity contribution in [3.63, 3.8) is 0 Å². The van der Waals surface area contributed by atoms with Gasteiger partial charge in [-0.2, -0.15) is 0 Å². The molecule has 0 saturated carbocycles. The van der Waals surface area contributed by atoms with Crippen molar-refractivity contribution in [2.75, 3.05) is 0 Å². The lowest BCUT2D eigenvalue weighted by Gasteiger charge is -2.27. The predicted octanol–water partition coefficient (Wildman–Crippen LogP) is 15.3. The van der Waals surface area contributed by atoms with E-state index in [1.165, 1.54) is 59.1 Å². The first-order valence-electron chi connectivity index (χ1n) is 19.2. The molecular formula is C53H53NS. The topological polar surface area (TPSA) is 12.4 Å². The second kappa shape index (κ2) is 20.0. The van der Waals surface area contributed by atoms with E-state index in [-0.39, 0.29) is 5.41 Å². The summed E-state index contributed by atoms with van der Waals surface area (Å²) in [4.78, 5) is 4.08. The zero-order valence-corrected chi connectivity index (χ0v) is 34.0. The number of rotatable bonds is 7. The molecule has 7 aromatic carbocycles. The SMILES string of the molecule is C=N/C(=C\Cc1ccccc1)c1ccccc1.CC.Cc1cccc(-c2cc(C(C)(C)c3ccccc3)c3sc4ccccc4c3c2)c1.Cc1ccccc1. The van der Waals surface area contributed by atoms with E-state index < -0.39 is 0 Å². The van der Waals surface area contributed by atoms with E-state index >= 15 is 0 Å². The monoisotopic (exact) mass is 735 g/mol. The molecule has 0 saturated heterocycles. The maximum Gasteiger partial charge on any atom is 0.0658 e. The lowest BCUT2D eigenvalue weighted by atomic mass is 9.77. The number of allylic oxidation sites excluding steroid dienone is 1. The lowest BCUT2D eigenvalue weighted by Crippen LogP contribution is -2.19. The van der Waals surface area contributed by atoms with E-state index in [9.17, 15) is 0 Å². The van der Waals surface area contributed by atoms with E-state index in [1.807, 2.05) is 91.9 Å². The molecule has 1 aromatic heterocycles. The van der Waals surface area contributed by atoms with Crippen LogP contribution < -0.4 is 0 Å². The van der Waals surface area contributed by atoms with E-state index in [4.69, 9.17) is 0 Å². The molecule has 0 radical (unpaired) electrons. The zero-order valence-electron chi connectivity index (χ0n) is 33.2. The average molecular weight is 736 g/mol. The fraction of sp³-hybridized carbons (Fsp3) is 0.151.